The van der Waals surface area contributed by atoms with E-state index in [0.29, 0.717) is 0 Å². The molecule has 80 valence electrons. The Morgan fingerprint density at radius 1 is 1.08 bits per heavy atom. The predicted molar refractivity (Wildman–Crippen MR) is 59.0 cm³/mol. The Hall–Kier alpha value is -0.120. The summed E-state index contributed by atoms with van der Waals surface area (Å²) in [5, 5.41) is 3.39. The molecule has 3 nitrogen and oxygen atoms in total. The third-order valence-corrected chi connectivity index (χ3v) is 1.95. The lowest BCUT2D eigenvalue weighted by molar-refractivity contribution is 0.282. The first kappa shape index (κ1) is 12.9. The molecule has 0 bridgehead atoms. The molecule has 0 aliphatic heterocycles. The zero-order valence-electron chi connectivity index (χ0n) is 9.64. The van der Waals surface area contributed by atoms with Crippen molar-refractivity contribution in [3.63, 3.8) is 0 Å². The Kier molecular flexibility index (Phi) is 8.40. The maximum atomic E-state index is 3.39. The van der Waals surface area contributed by atoms with Gasteiger partial charge in [-0.3, -0.25) is 4.90 Å². The van der Waals surface area contributed by atoms with Crippen molar-refractivity contribution in [3.05, 3.63) is 0 Å². The number of hydrogen-bond donors (Lipinski definition) is 1. The SMILES string of the molecule is CCCNCN(C)CCCN(C)C. The second kappa shape index (κ2) is 8.48. The van der Waals surface area contributed by atoms with Crippen LogP contribution in [0.25, 0.3) is 0 Å². The van der Waals surface area contributed by atoms with Gasteiger partial charge in [0.25, 0.3) is 0 Å². The fourth-order valence-corrected chi connectivity index (χ4v) is 1.18. The summed E-state index contributed by atoms with van der Waals surface area (Å²) in [5.41, 5.74) is 0. The minimum atomic E-state index is 1.02. The summed E-state index contributed by atoms with van der Waals surface area (Å²) < 4.78 is 0. The quantitative estimate of drug-likeness (QED) is 0.448. The third kappa shape index (κ3) is 9.80. The van der Waals surface area contributed by atoms with Gasteiger partial charge in [-0.25, -0.2) is 0 Å². The van der Waals surface area contributed by atoms with Crippen LogP contribution in [0.2, 0.25) is 0 Å². The predicted octanol–water partition coefficient (Wildman–Crippen LogP) is 0.827. The van der Waals surface area contributed by atoms with E-state index in [1.54, 1.807) is 0 Å². The van der Waals surface area contributed by atoms with Crippen molar-refractivity contribution in [3.8, 4) is 0 Å². The molecule has 0 aromatic heterocycles. The van der Waals surface area contributed by atoms with Crippen molar-refractivity contribution < 1.29 is 0 Å². The molecule has 0 saturated heterocycles. The smallest absolute Gasteiger partial charge is 0.0477 e. The Morgan fingerprint density at radius 3 is 2.31 bits per heavy atom. The van der Waals surface area contributed by atoms with Crippen molar-refractivity contribution in [1.82, 2.24) is 15.1 Å². The van der Waals surface area contributed by atoms with Gasteiger partial charge in [-0.1, -0.05) is 6.92 Å². The molecule has 13 heavy (non-hydrogen) atoms. The summed E-state index contributed by atoms with van der Waals surface area (Å²) in [4.78, 5) is 4.56. The highest BCUT2D eigenvalue weighted by molar-refractivity contribution is 4.52. The van der Waals surface area contributed by atoms with E-state index in [1.807, 2.05) is 0 Å². The Morgan fingerprint density at radius 2 is 1.77 bits per heavy atom. The molecule has 0 heterocycles. The molecule has 0 atom stereocenters. The van der Waals surface area contributed by atoms with Crippen molar-refractivity contribution >= 4 is 0 Å². The second-order valence-corrected chi connectivity index (χ2v) is 3.89. The van der Waals surface area contributed by atoms with E-state index >= 15 is 0 Å². The van der Waals surface area contributed by atoms with Crippen LogP contribution in [0.4, 0.5) is 0 Å². The zero-order valence-corrected chi connectivity index (χ0v) is 9.64. The minimum absolute atomic E-state index is 1.02. The van der Waals surface area contributed by atoms with Crippen molar-refractivity contribution in [2.75, 3.05) is 47.4 Å². The van der Waals surface area contributed by atoms with Crippen LogP contribution in [0.3, 0.4) is 0 Å². The molecule has 0 radical (unpaired) electrons. The summed E-state index contributed by atoms with van der Waals surface area (Å²) in [6, 6.07) is 0. The highest BCUT2D eigenvalue weighted by Gasteiger charge is 1.97. The summed E-state index contributed by atoms with van der Waals surface area (Å²) >= 11 is 0. The maximum Gasteiger partial charge on any atom is 0.0477 e. The second-order valence-electron chi connectivity index (χ2n) is 3.89. The monoisotopic (exact) mass is 187 g/mol. The normalized spacial score (nSPS) is 11.5. The Labute approximate surface area is 83.1 Å². The van der Waals surface area contributed by atoms with Gasteiger partial charge in [-0.15, -0.1) is 0 Å². The molecule has 1 N–H and O–H groups in total. The van der Waals surface area contributed by atoms with Gasteiger partial charge < -0.3 is 10.2 Å². The van der Waals surface area contributed by atoms with Crippen LogP contribution in [0, 0.1) is 0 Å². The van der Waals surface area contributed by atoms with E-state index in [-0.39, 0.29) is 0 Å². The number of nitrogens with zero attached hydrogens (tertiary/aromatic N) is 2. The average Bonchev–Trinajstić information content (AvgIpc) is 2.04. The molecule has 0 aliphatic rings. The topological polar surface area (TPSA) is 18.5 Å². The molecule has 3 heteroatoms. The average molecular weight is 187 g/mol. The van der Waals surface area contributed by atoms with E-state index in [0.717, 1.165) is 13.2 Å². The summed E-state index contributed by atoms with van der Waals surface area (Å²) in [5.74, 6) is 0. The first-order valence-corrected chi connectivity index (χ1v) is 5.20. The fraction of sp³-hybridized carbons (Fsp3) is 1.00. The molecule has 0 unspecified atom stereocenters. The van der Waals surface area contributed by atoms with Gasteiger partial charge in [0.05, 0.1) is 0 Å². The minimum Gasteiger partial charge on any atom is -0.309 e. The maximum absolute atomic E-state index is 3.39. The highest BCUT2D eigenvalue weighted by atomic mass is 15.2. The van der Waals surface area contributed by atoms with E-state index < -0.39 is 0 Å². The molecule has 0 amide bonds. The number of hydrogen-bond acceptors (Lipinski definition) is 3. The fourth-order valence-electron chi connectivity index (χ4n) is 1.18. The molecule has 0 rings (SSSR count). The first-order valence-electron chi connectivity index (χ1n) is 5.20. The Balaban J connectivity index is 3.15. The lowest BCUT2D eigenvalue weighted by Crippen LogP contribution is -2.33. The molecule has 0 fully saturated rings. The van der Waals surface area contributed by atoms with Gasteiger partial charge in [-0.2, -0.15) is 0 Å². The van der Waals surface area contributed by atoms with E-state index in [9.17, 15) is 0 Å². The van der Waals surface area contributed by atoms with Crippen molar-refractivity contribution in [2.45, 2.75) is 19.8 Å². The van der Waals surface area contributed by atoms with Crippen LogP contribution in [0.5, 0.6) is 0 Å². The van der Waals surface area contributed by atoms with Gasteiger partial charge in [-0.05, 0) is 47.1 Å². The van der Waals surface area contributed by atoms with Gasteiger partial charge in [0.15, 0.2) is 0 Å². The van der Waals surface area contributed by atoms with Crippen LogP contribution in [0.1, 0.15) is 19.8 Å². The lowest BCUT2D eigenvalue weighted by atomic mass is 10.4. The summed E-state index contributed by atoms with van der Waals surface area (Å²) in [6.45, 7) is 6.69. The third-order valence-electron chi connectivity index (χ3n) is 1.95. The summed E-state index contributed by atoms with van der Waals surface area (Å²) in [6.07, 6.45) is 2.46. The standard InChI is InChI=1S/C10H25N3/c1-5-7-11-10-13(4)9-6-8-12(2)3/h11H,5-10H2,1-4H3. The van der Waals surface area contributed by atoms with Crippen molar-refractivity contribution in [2.24, 2.45) is 0 Å². The molecule has 0 saturated carbocycles. The van der Waals surface area contributed by atoms with Crippen LogP contribution >= 0.6 is 0 Å². The van der Waals surface area contributed by atoms with E-state index in [1.165, 1.54) is 25.9 Å². The van der Waals surface area contributed by atoms with Gasteiger partial charge >= 0.3 is 0 Å². The largest absolute Gasteiger partial charge is 0.309 e. The van der Waals surface area contributed by atoms with Crippen molar-refractivity contribution in [1.29, 1.82) is 0 Å². The van der Waals surface area contributed by atoms with Crippen LogP contribution in [0.15, 0.2) is 0 Å². The summed E-state index contributed by atoms with van der Waals surface area (Å²) in [7, 11) is 6.41. The molecule has 0 spiro atoms. The van der Waals surface area contributed by atoms with E-state index in [2.05, 4.69) is 43.2 Å². The molecule has 0 aliphatic carbocycles. The van der Waals surface area contributed by atoms with Crippen LogP contribution < -0.4 is 5.32 Å². The number of nitrogens with one attached hydrogen (secondary N) is 1. The van der Waals surface area contributed by atoms with Gasteiger partial charge in [0.1, 0.15) is 0 Å². The molecular weight excluding hydrogens is 162 g/mol. The molecule has 0 aromatic carbocycles. The van der Waals surface area contributed by atoms with Gasteiger partial charge in [0, 0.05) is 13.2 Å². The lowest BCUT2D eigenvalue weighted by Gasteiger charge is -2.18. The highest BCUT2D eigenvalue weighted by Crippen LogP contribution is 1.87. The molecule has 0 aromatic rings. The Bertz CT molecular complexity index is 104. The number of rotatable bonds is 8. The van der Waals surface area contributed by atoms with Crippen LogP contribution in [-0.2, 0) is 0 Å². The zero-order chi connectivity index (χ0) is 10.1. The van der Waals surface area contributed by atoms with E-state index in [4.69, 9.17) is 0 Å². The van der Waals surface area contributed by atoms with Gasteiger partial charge in [0.2, 0.25) is 0 Å². The first-order chi connectivity index (χ1) is 6.16. The molecular formula is C10H25N3. The van der Waals surface area contributed by atoms with Crippen LogP contribution in [-0.4, -0.2) is 57.2 Å².